The summed E-state index contributed by atoms with van der Waals surface area (Å²) in [5.74, 6) is 0.123. The lowest BCUT2D eigenvalue weighted by atomic mass is 10.1. The highest BCUT2D eigenvalue weighted by atomic mass is 32.1. The van der Waals surface area contributed by atoms with Crippen LogP contribution < -0.4 is 5.32 Å². The number of thiophene rings is 1. The number of anilines is 1. The number of carbonyl (C=O) groups excluding carboxylic acids is 1. The molecule has 1 unspecified atom stereocenters. The number of hydrogen-bond acceptors (Lipinski definition) is 3. The summed E-state index contributed by atoms with van der Waals surface area (Å²) in [5.41, 5.74) is 2.12. The fraction of sp³-hybridized carbons (Fsp3) is 0.312. The molecule has 0 radical (unpaired) electrons. The zero-order valence-electron chi connectivity index (χ0n) is 12.1. The molecule has 1 heterocycles. The summed E-state index contributed by atoms with van der Waals surface area (Å²) in [6.07, 6.45) is 0.452. The lowest BCUT2D eigenvalue weighted by Gasteiger charge is -2.14. The Labute approximate surface area is 124 Å². The minimum absolute atomic E-state index is 0.123. The van der Waals surface area contributed by atoms with Gasteiger partial charge in [-0.15, -0.1) is 11.3 Å². The van der Waals surface area contributed by atoms with E-state index in [1.165, 1.54) is 4.88 Å². The van der Waals surface area contributed by atoms with E-state index in [1.807, 2.05) is 24.3 Å². The zero-order chi connectivity index (χ0) is 14.5. The zero-order valence-corrected chi connectivity index (χ0v) is 12.9. The van der Waals surface area contributed by atoms with Gasteiger partial charge in [-0.05, 0) is 36.1 Å². The highest BCUT2D eigenvalue weighted by Crippen LogP contribution is 2.23. The molecular formula is C16H20N2OS. The summed E-state index contributed by atoms with van der Waals surface area (Å²) in [7, 11) is 3.56. The number of hydrogen-bond donors (Lipinski definition) is 1. The summed E-state index contributed by atoms with van der Waals surface area (Å²) in [6, 6.07) is 12.6. The van der Waals surface area contributed by atoms with E-state index in [-0.39, 0.29) is 5.91 Å². The second-order valence-corrected chi connectivity index (χ2v) is 6.02. The Morgan fingerprint density at radius 2 is 1.95 bits per heavy atom. The van der Waals surface area contributed by atoms with E-state index in [9.17, 15) is 4.79 Å². The van der Waals surface area contributed by atoms with Gasteiger partial charge in [-0.3, -0.25) is 4.79 Å². The van der Waals surface area contributed by atoms with E-state index >= 15 is 0 Å². The summed E-state index contributed by atoms with van der Waals surface area (Å²) >= 11 is 1.75. The van der Waals surface area contributed by atoms with E-state index in [0.717, 1.165) is 11.3 Å². The minimum atomic E-state index is 0.123. The Kier molecular flexibility index (Phi) is 4.79. The first-order valence-electron chi connectivity index (χ1n) is 6.65. The van der Waals surface area contributed by atoms with Crippen LogP contribution in [0.4, 0.5) is 5.69 Å². The molecule has 1 atom stereocenters. The number of amides is 1. The molecule has 0 aliphatic carbocycles. The van der Waals surface area contributed by atoms with Gasteiger partial charge in [0.15, 0.2) is 0 Å². The Bertz CT molecular complexity index is 546. The lowest BCUT2D eigenvalue weighted by Crippen LogP contribution is -2.23. The topological polar surface area (TPSA) is 32.3 Å². The van der Waals surface area contributed by atoms with Gasteiger partial charge in [0.25, 0.3) is 0 Å². The van der Waals surface area contributed by atoms with Crippen LogP contribution in [0.15, 0.2) is 41.8 Å². The third-order valence-electron chi connectivity index (χ3n) is 3.16. The largest absolute Gasteiger partial charge is 0.378 e. The molecule has 2 rings (SSSR count). The maximum Gasteiger partial charge on any atom is 0.226 e. The smallest absolute Gasteiger partial charge is 0.226 e. The molecule has 20 heavy (non-hydrogen) atoms. The maximum atomic E-state index is 11.6. The molecule has 2 aromatic rings. The molecule has 1 aromatic heterocycles. The Morgan fingerprint density at radius 3 is 2.50 bits per heavy atom. The number of benzene rings is 1. The van der Waals surface area contributed by atoms with Crippen LogP contribution in [0, 0.1) is 0 Å². The third-order valence-corrected chi connectivity index (χ3v) is 4.22. The van der Waals surface area contributed by atoms with Gasteiger partial charge >= 0.3 is 0 Å². The predicted molar refractivity (Wildman–Crippen MR) is 85.2 cm³/mol. The molecule has 1 amide bonds. The average molecular weight is 288 g/mol. The van der Waals surface area contributed by atoms with E-state index < -0.39 is 0 Å². The van der Waals surface area contributed by atoms with Crippen molar-refractivity contribution in [2.75, 3.05) is 19.4 Å². The van der Waals surface area contributed by atoms with Crippen molar-refractivity contribution < 1.29 is 4.79 Å². The number of nitrogens with one attached hydrogen (secondary N) is 1. The fourth-order valence-corrected chi connectivity index (χ4v) is 2.64. The van der Waals surface area contributed by atoms with Crippen LogP contribution >= 0.6 is 11.3 Å². The van der Waals surface area contributed by atoms with E-state index in [4.69, 9.17) is 0 Å². The van der Waals surface area contributed by atoms with Crippen molar-refractivity contribution in [3.8, 4) is 0 Å². The lowest BCUT2D eigenvalue weighted by molar-refractivity contribution is -0.127. The van der Waals surface area contributed by atoms with Crippen LogP contribution in [-0.4, -0.2) is 24.9 Å². The molecule has 0 saturated heterocycles. The molecule has 1 N–H and O–H groups in total. The van der Waals surface area contributed by atoms with Gasteiger partial charge in [-0.25, -0.2) is 0 Å². The van der Waals surface area contributed by atoms with Crippen molar-refractivity contribution in [2.45, 2.75) is 19.4 Å². The van der Waals surface area contributed by atoms with Gasteiger partial charge in [0.05, 0.1) is 12.5 Å². The van der Waals surface area contributed by atoms with Crippen molar-refractivity contribution in [1.29, 1.82) is 0 Å². The highest BCUT2D eigenvalue weighted by Gasteiger charge is 2.07. The van der Waals surface area contributed by atoms with Crippen molar-refractivity contribution in [3.63, 3.8) is 0 Å². The summed E-state index contributed by atoms with van der Waals surface area (Å²) < 4.78 is 0. The quantitative estimate of drug-likeness (QED) is 0.912. The SMILES string of the molecule is CC(Nc1ccc(CC(=O)N(C)C)cc1)c1cccs1. The van der Waals surface area contributed by atoms with Crippen LogP contribution in [0.2, 0.25) is 0 Å². The van der Waals surface area contributed by atoms with Crippen LogP contribution in [0.1, 0.15) is 23.4 Å². The van der Waals surface area contributed by atoms with Crippen molar-refractivity contribution >= 4 is 22.9 Å². The molecule has 0 aliphatic heterocycles. The van der Waals surface area contributed by atoms with Crippen LogP contribution in [0.3, 0.4) is 0 Å². The Hall–Kier alpha value is -1.81. The van der Waals surface area contributed by atoms with E-state index in [1.54, 1.807) is 30.3 Å². The van der Waals surface area contributed by atoms with Crippen molar-refractivity contribution in [3.05, 3.63) is 52.2 Å². The molecule has 0 saturated carbocycles. The number of likely N-dealkylation sites (N-methyl/N-ethyl adjacent to an activating group) is 1. The molecular weight excluding hydrogens is 268 g/mol. The second kappa shape index (κ2) is 6.57. The van der Waals surface area contributed by atoms with Gasteiger partial charge in [0.1, 0.15) is 0 Å². The van der Waals surface area contributed by atoms with Gasteiger partial charge in [-0.1, -0.05) is 18.2 Å². The minimum Gasteiger partial charge on any atom is -0.378 e. The van der Waals surface area contributed by atoms with Crippen LogP contribution in [0.5, 0.6) is 0 Å². The fourth-order valence-electron chi connectivity index (χ4n) is 1.91. The summed E-state index contributed by atoms with van der Waals surface area (Å²) in [4.78, 5) is 14.6. The molecule has 1 aromatic carbocycles. The van der Waals surface area contributed by atoms with Gasteiger partial charge in [0, 0.05) is 24.7 Å². The van der Waals surface area contributed by atoms with Crippen molar-refractivity contribution in [2.24, 2.45) is 0 Å². The molecule has 4 heteroatoms. The second-order valence-electron chi connectivity index (χ2n) is 5.04. The summed E-state index contributed by atoms with van der Waals surface area (Å²) in [5, 5.41) is 5.55. The number of rotatable bonds is 5. The first-order valence-corrected chi connectivity index (χ1v) is 7.53. The van der Waals surface area contributed by atoms with E-state index in [0.29, 0.717) is 12.5 Å². The van der Waals surface area contributed by atoms with Crippen LogP contribution in [-0.2, 0) is 11.2 Å². The Morgan fingerprint density at radius 1 is 1.25 bits per heavy atom. The number of nitrogens with zero attached hydrogens (tertiary/aromatic N) is 1. The number of carbonyl (C=O) groups is 1. The van der Waals surface area contributed by atoms with Crippen molar-refractivity contribution in [1.82, 2.24) is 4.90 Å². The maximum absolute atomic E-state index is 11.6. The molecule has 106 valence electrons. The first kappa shape index (κ1) is 14.6. The average Bonchev–Trinajstić information content (AvgIpc) is 2.95. The Balaban J connectivity index is 1.96. The standard InChI is InChI=1S/C16H20N2OS/c1-12(15-5-4-10-20-15)17-14-8-6-13(7-9-14)11-16(19)18(2)3/h4-10,12,17H,11H2,1-3H3. The molecule has 0 spiro atoms. The third kappa shape index (κ3) is 3.84. The summed E-state index contributed by atoms with van der Waals surface area (Å²) in [6.45, 7) is 2.15. The van der Waals surface area contributed by atoms with Gasteiger partial charge in [-0.2, -0.15) is 0 Å². The van der Waals surface area contributed by atoms with Gasteiger partial charge in [0.2, 0.25) is 5.91 Å². The van der Waals surface area contributed by atoms with Gasteiger partial charge < -0.3 is 10.2 Å². The van der Waals surface area contributed by atoms with Crippen LogP contribution in [0.25, 0.3) is 0 Å². The predicted octanol–water partition coefficient (Wildman–Crippen LogP) is 3.55. The molecule has 0 bridgehead atoms. The normalized spacial score (nSPS) is 11.9. The highest BCUT2D eigenvalue weighted by molar-refractivity contribution is 7.10. The first-order chi connectivity index (χ1) is 9.56. The monoisotopic (exact) mass is 288 g/mol. The molecule has 0 aliphatic rings. The molecule has 3 nitrogen and oxygen atoms in total. The molecule has 0 fully saturated rings. The van der Waals surface area contributed by atoms with E-state index in [2.05, 4.69) is 29.8 Å².